The van der Waals surface area contributed by atoms with Crippen molar-refractivity contribution in [2.24, 2.45) is 0 Å². The Morgan fingerprint density at radius 2 is 2.46 bits per heavy atom. The number of thiophene rings is 1. The van der Waals surface area contributed by atoms with E-state index in [1.54, 1.807) is 11.3 Å². The van der Waals surface area contributed by atoms with Gasteiger partial charge in [-0.25, -0.2) is 0 Å². The Kier molecular flexibility index (Phi) is 2.47. The zero-order valence-corrected chi connectivity index (χ0v) is 8.49. The molecule has 1 atom stereocenters. The van der Waals surface area contributed by atoms with Crippen LogP contribution in [0.4, 0.5) is 0 Å². The van der Waals surface area contributed by atoms with Gasteiger partial charge in [0.2, 0.25) is 0 Å². The molecule has 2 rings (SSSR count). The molecule has 1 saturated heterocycles. The number of Topliss-reactive ketones (excluding diaryl/α,β-unsaturated/α-hetero) is 1. The van der Waals surface area contributed by atoms with Crippen molar-refractivity contribution in [1.29, 1.82) is 0 Å². The predicted octanol–water partition coefficient (Wildman–Crippen LogP) is 1.70. The maximum atomic E-state index is 11.6. The quantitative estimate of drug-likeness (QED) is 0.739. The van der Waals surface area contributed by atoms with Crippen molar-refractivity contribution in [3.63, 3.8) is 0 Å². The third-order valence-electron chi connectivity index (χ3n) is 2.38. The third-order valence-corrected chi connectivity index (χ3v) is 3.54. The molecule has 2 nitrogen and oxygen atoms in total. The average Bonchev–Trinajstić information content (AvgIpc) is 2.53. The van der Waals surface area contributed by atoms with Gasteiger partial charge in [-0.2, -0.15) is 0 Å². The van der Waals surface area contributed by atoms with Crippen LogP contribution in [0, 0.1) is 6.92 Å². The van der Waals surface area contributed by atoms with Gasteiger partial charge in [-0.05, 0) is 23.9 Å². The minimum absolute atomic E-state index is 0.118. The summed E-state index contributed by atoms with van der Waals surface area (Å²) in [5, 5.41) is 5.37. The fourth-order valence-corrected chi connectivity index (χ4v) is 2.66. The molecule has 0 radical (unpaired) electrons. The fourth-order valence-electron chi connectivity index (χ4n) is 1.64. The normalized spacial score (nSPS) is 23.5. The van der Waals surface area contributed by atoms with Gasteiger partial charge in [0.15, 0.2) is 0 Å². The number of ketones is 1. The van der Waals surface area contributed by atoms with Crippen LogP contribution >= 0.6 is 11.3 Å². The second-order valence-corrected chi connectivity index (χ2v) is 4.44. The number of hydrogen-bond acceptors (Lipinski definition) is 3. The minimum Gasteiger partial charge on any atom is -0.315 e. The van der Waals surface area contributed by atoms with E-state index in [0.29, 0.717) is 12.2 Å². The summed E-state index contributed by atoms with van der Waals surface area (Å²) in [6.45, 7) is 3.74. The highest BCUT2D eigenvalue weighted by Crippen LogP contribution is 2.26. The number of rotatable bonds is 1. The molecule has 0 saturated carbocycles. The lowest BCUT2D eigenvalue weighted by molar-refractivity contribution is -0.121. The van der Waals surface area contributed by atoms with E-state index in [-0.39, 0.29) is 5.92 Å². The van der Waals surface area contributed by atoms with Gasteiger partial charge in [0, 0.05) is 24.4 Å². The summed E-state index contributed by atoms with van der Waals surface area (Å²) in [6, 6.07) is 2.13. The van der Waals surface area contributed by atoms with Gasteiger partial charge in [0.05, 0.1) is 5.92 Å². The van der Waals surface area contributed by atoms with Crippen molar-refractivity contribution < 1.29 is 4.79 Å². The summed E-state index contributed by atoms with van der Waals surface area (Å²) in [6.07, 6.45) is 0.682. The van der Waals surface area contributed by atoms with Crippen LogP contribution < -0.4 is 5.32 Å². The molecule has 1 aliphatic rings. The predicted molar refractivity (Wildman–Crippen MR) is 54.3 cm³/mol. The van der Waals surface area contributed by atoms with E-state index in [9.17, 15) is 4.79 Å². The van der Waals surface area contributed by atoms with Gasteiger partial charge < -0.3 is 5.32 Å². The smallest absolute Gasteiger partial charge is 0.143 e. The first-order valence-electron chi connectivity index (χ1n) is 4.56. The Labute approximate surface area is 82.0 Å². The molecule has 0 amide bonds. The second-order valence-electron chi connectivity index (χ2n) is 3.50. The molecule has 1 aliphatic heterocycles. The molecule has 0 bridgehead atoms. The van der Waals surface area contributed by atoms with Crippen LogP contribution in [-0.4, -0.2) is 18.9 Å². The van der Waals surface area contributed by atoms with Crippen LogP contribution in [0.25, 0.3) is 0 Å². The summed E-state index contributed by atoms with van der Waals surface area (Å²) in [7, 11) is 0. The first-order valence-corrected chi connectivity index (χ1v) is 5.44. The van der Waals surface area contributed by atoms with Gasteiger partial charge in [0.1, 0.15) is 5.78 Å². The maximum absolute atomic E-state index is 11.6. The molecule has 13 heavy (non-hydrogen) atoms. The van der Waals surface area contributed by atoms with E-state index in [4.69, 9.17) is 0 Å². The SMILES string of the molecule is Cc1csc(C2CNCCC2=O)c1. The molecule has 3 heteroatoms. The van der Waals surface area contributed by atoms with Gasteiger partial charge in [-0.1, -0.05) is 0 Å². The van der Waals surface area contributed by atoms with Crippen molar-refractivity contribution in [1.82, 2.24) is 5.32 Å². The van der Waals surface area contributed by atoms with Crippen LogP contribution in [0.1, 0.15) is 22.8 Å². The first kappa shape index (κ1) is 8.91. The summed E-state index contributed by atoms with van der Waals surface area (Å²) >= 11 is 1.70. The van der Waals surface area contributed by atoms with E-state index >= 15 is 0 Å². The monoisotopic (exact) mass is 195 g/mol. The molecule has 0 spiro atoms. The van der Waals surface area contributed by atoms with Crippen LogP contribution in [0.3, 0.4) is 0 Å². The highest BCUT2D eigenvalue weighted by atomic mass is 32.1. The Hall–Kier alpha value is -0.670. The highest BCUT2D eigenvalue weighted by Gasteiger charge is 2.24. The van der Waals surface area contributed by atoms with Crippen LogP contribution in [0.15, 0.2) is 11.4 Å². The zero-order chi connectivity index (χ0) is 9.26. The molecule has 70 valence electrons. The molecule has 1 aromatic rings. The number of hydrogen-bond donors (Lipinski definition) is 1. The van der Waals surface area contributed by atoms with E-state index in [2.05, 4.69) is 23.7 Å². The minimum atomic E-state index is 0.118. The zero-order valence-electron chi connectivity index (χ0n) is 7.67. The summed E-state index contributed by atoms with van der Waals surface area (Å²) in [5.74, 6) is 0.507. The van der Waals surface area contributed by atoms with E-state index in [1.807, 2.05) is 0 Å². The number of carbonyl (C=O) groups is 1. The lowest BCUT2D eigenvalue weighted by atomic mass is 9.96. The molecular formula is C10H13NOS. The molecule has 0 aliphatic carbocycles. The summed E-state index contributed by atoms with van der Waals surface area (Å²) in [5.41, 5.74) is 1.26. The Balaban J connectivity index is 2.19. The molecule has 1 unspecified atom stereocenters. The van der Waals surface area contributed by atoms with Gasteiger partial charge in [-0.3, -0.25) is 4.79 Å². The third kappa shape index (κ3) is 1.81. The van der Waals surface area contributed by atoms with E-state index in [0.717, 1.165) is 13.1 Å². The molecule has 1 aromatic heterocycles. The van der Waals surface area contributed by atoms with E-state index < -0.39 is 0 Å². The van der Waals surface area contributed by atoms with E-state index in [1.165, 1.54) is 10.4 Å². The number of carbonyl (C=O) groups excluding carboxylic acids is 1. The number of aryl methyl sites for hydroxylation is 1. The Bertz CT molecular complexity index is 318. The summed E-state index contributed by atoms with van der Waals surface area (Å²) in [4.78, 5) is 12.8. The summed E-state index contributed by atoms with van der Waals surface area (Å²) < 4.78 is 0. The molecular weight excluding hydrogens is 182 g/mol. The molecule has 1 fully saturated rings. The second kappa shape index (κ2) is 3.60. The molecule has 2 heterocycles. The highest BCUT2D eigenvalue weighted by molar-refractivity contribution is 7.10. The first-order chi connectivity index (χ1) is 6.27. The molecule has 0 aromatic carbocycles. The molecule has 1 N–H and O–H groups in total. The van der Waals surface area contributed by atoms with Gasteiger partial charge in [0.25, 0.3) is 0 Å². The Morgan fingerprint density at radius 1 is 1.62 bits per heavy atom. The van der Waals surface area contributed by atoms with Gasteiger partial charge in [-0.15, -0.1) is 11.3 Å². The van der Waals surface area contributed by atoms with Crippen molar-refractivity contribution in [3.8, 4) is 0 Å². The standard InChI is InChI=1S/C10H13NOS/c1-7-4-10(13-6-7)8-5-11-3-2-9(8)12/h4,6,8,11H,2-3,5H2,1H3. The van der Waals surface area contributed by atoms with Crippen LogP contribution in [-0.2, 0) is 4.79 Å². The van der Waals surface area contributed by atoms with Crippen LogP contribution in [0.5, 0.6) is 0 Å². The number of nitrogens with one attached hydrogen (secondary N) is 1. The lowest BCUT2D eigenvalue weighted by Gasteiger charge is -2.20. The van der Waals surface area contributed by atoms with Gasteiger partial charge >= 0.3 is 0 Å². The average molecular weight is 195 g/mol. The fraction of sp³-hybridized carbons (Fsp3) is 0.500. The Morgan fingerprint density at radius 3 is 3.08 bits per heavy atom. The topological polar surface area (TPSA) is 29.1 Å². The van der Waals surface area contributed by atoms with Crippen LogP contribution in [0.2, 0.25) is 0 Å². The van der Waals surface area contributed by atoms with Crippen molar-refractivity contribution in [3.05, 3.63) is 21.9 Å². The maximum Gasteiger partial charge on any atom is 0.143 e. The van der Waals surface area contributed by atoms with Crippen molar-refractivity contribution in [2.45, 2.75) is 19.3 Å². The largest absolute Gasteiger partial charge is 0.315 e. The van der Waals surface area contributed by atoms with Crippen molar-refractivity contribution >= 4 is 17.1 Å². The van der Waals surface area contributed by atoms with Crippen molar-refractivity contribution in [2.75, 3.05) is 13.1 Å². The number of piperidine rings is 1. The lowest BCUT2D eigenvalue weighted by Crippen LogP contribution is -2.34.